The maximum atomic E-state index is 5.58. The zero-order chi connectivity index (χ0) is 10.8. The van der Waals surface area contributed by atoms with E-state index >= 15 is 0 Å². The third-order valence-electron chi connectivity index (χ3n) is 2.49. The summed E-state index contributed by atoms with van der Waals surface area (Å²) in [5.74, 6) is 1.67. The maximum absolute atomic E-state index is 5.58. The molecule has 0 bridgehead atoms. The van der Waals surface area contributed by atoms with Crippen LogP contribution in [0.15, 0.2) is 10.5 Å². The fraction of sp³-hybridized carbons (Fsp3) is 0.455. The van der Waals surface area contributed by atoms with Gasteiger partial charge in [-0.2, -0.15) is 0 Å². The van der Waals surface area contributed by atoms with Crippen LogP contribution in [0.3, 0.4) is 0 Å². The standard InChI is InChI=1S/C11H14BrNO2/c1-7-8(6-13-2)5-9-11(10(7)12)15-4-3-14-9/h5,13H,3-4,6H2,1-2H3. The third-order valence-corrected chi connectivity index (χ3v) is 3.45. The van der Waals surface area contributed by atoms with E-state index in [9.17, 15) is 0 Å². The Kier molecular flexibility index (Phi) is 3.17. The summed E-state index contributed by atoms with van der Waals surface area (Å²) in [7, 11) is 1.93. The van der Waals surface area contributed by atoms with Crippen molar-refractivity contribution < 1.29 is 9.47 Å². The largest absolute Gasteiger partial charge is 0.486 e. The van der Waals surface area contributed by atoms with E-state index < -0.39 is 0 Å². The van der Waals surface area contributed by atoms with Crippen LogP contribution in [0.2, 0.25) is 0 Å². The van der Waals surface area contributed by atoms with Crippen LogP contribution < -0.4 is 14.8 Å². The normalized spacial score (nSPS) is 14.1. The fourth-order valence-corrected chi connectivity index (χ4v) is 2.23. The zero-order valence-corrected chi connectivity index (χ0v) is 10.5. The molecule has 82 valence electrons. The predicted molar refractivity (Wildman–Crippen MR) is 62.6 cm³/mol. The first-order chi connectivity index (χ1) is 7.24. The summed E-state index contributed by atoms with van der Waals surface area (Å²) in [5.41, 5.74) is 2.43. The van der Waals surface area contributed by atoms with Crippen molar-refractivity contribution in [1.82, 2.24) is 5.32 Å². The Morgan fingerprint density at radius 3 is 2.87 bits per heavy atom. The van der Waals surface area contributed by atoms with Gasteiger partial charge in [0.1, 0.15) is 13.2 Å². The molecule has 1 aromatic carbocycles. The number of ether oxygens (including phenoxy) is 2. The second-order valence-corrected chi connectivity index (χ2v) is 4.32. The van der Waals surface area contributed by atoms with E-state index in [0.717, 1.165) is 22.5 Å². The van der Waals surface area contributed by atoms with E-state index in [2.05, 4.69) is 28.2 Å². The number of nitrogens with one attached hydrogen (secondary N) is 1. The summed E-state index contributed by atoms with van der Waals surface area (Å²) in [6.45, 7) is 4.16. The van der Waals surface area contributed by atoms with Gasteiger partial charge >= 0.3 is 0 Å². The minimum Gasteiger partial charge on any atom is -0.486 e. The number of rotatable bonds is 2. The highest BCUT2D eigenvalue weighted by molar-refractivity contribution is 9.10. The average Bonchev–Trinajstić information content (AvgIpc) is 2.26. The van der Waals surface area contributed by atoms with Gasteiger partial charge < -0.3 is 14.8 Å². The molecule has 2 rings (SSSR count). The number of fused-ring (bicyclic) bond motifs is 1. The SMILES string of the molecule is CNCc1cc2c(c(Br)c1C)OCCO2. The molecular weight excluding hydrogens is 258 g/mol. The molecule has 1 aromatic rings. The monoisotopic (exact) mass is 271 g/mol. The second kappa shape index (κ2) is 4.41. The van der Waals surface area contributed by atoms with Crippen LogP contribution in [0, 0.1) is 6.92 Å². The van der Waals surface area contributed by atoms with Crippen molar-refractivity contribution in [1.29, 1.82) is 0 Å². The fourth-order valence-electron chi connectivity index (χ4n) is 1.66. The second-order valence-electron chi connectivity index (χ2n) is 3.53. The van der Waals surface area contributed by atoms with Crippen LogP contribution in [0.5, 0.6) is 11.5 Å². The summed E-state index contributed by atoms with van der Waals surface area (Å²) in [6.07, 6.45) is 0. The minimum absolute atomic E-state index is 0.621. The molecule has 0 atom stereocenters. The van der Waals surface area contributed by atoms with E-state index in [1.807, 2.05) is 13.1 Å². The molecule has 0 amide bonds. The Morgan fingerprint density at radius 1 is 1.40 bits per heavy atom. The van der Waals surface area contributed by atoms with E-state index in [0.29, 0.717) is 13.2 Å². The molecule has 0 saturated heterocycles. The van der Waals surface area contributed by atoms with Gasteiger partial charge in [0.05, 0.1) is 4.47 Å². The van der Waals surface area contributed by atoms with Gasteiger partial charge in [-0.15, -0.1) is 0 Å². The molecule has 0 spiro atoms. The van der Waals surface area contributed by atoms with Crippen LogP contribution in [0.25, 0.3) is 0 Å². The molecule has 0 radical (unpaired) electrons. The van der Waals surface area contributed by atoms with E-state index in [1.54, 1.807) is 0 Å². The van der Waals surface area contributed by atoms with Gasteiger partial charge in [0.25, 0.3) is 0 Å². The van der Waals surface area contributed by atoms with Gasteiger partial charge in [0.2, 0.25) is 0 Å². The number of halogens is 1. The average molecular weight is 272 g/mol. The molecule has 1 heterocycles. The van der Waals surface area contributed by atoms with Gasteiger partial charge in [0, 0.05) is 6.54 Å². The van der Waals surface area contributed by atoms with Gasteiger partial charge in [-0.1, -0.05) is 0 Å². The van der Waals surface area contributed by atoms with Crippen molar-refractivity contribution in [3.8, 4) is 11.5 Å². The summed E-state index contributed by atoms with van der Waals surface area (Å²) in [5, 5.41) is 3.14. The number of hydrogen-bond donors (Lipinski definition) is 1. The summed E-state index contributed by atoms with van der Waals surface area (Å²) in [6, 6.07) is 2.05. The molecule has 4 heteroatoms. The van der Waals surface area contributed by atoms with Crippen LogP contribution in [0.4, 0.5) is 0 Å². The van der Waals surface area contributed by atoms with Crippen LogP contribution in [-0.4, -0.2) is 20.3 Å². The van der Waals surface area contributed by atoms with Gasteiger partial charge in [0.15, 0.2) is 11.5 Å². The van der Waals surface area contributed by atoms with E-state index in [1.165, 1.54) is 11.1 Å². The van der Waals surface area contributed by atoms with Crippen molar-refractivity contribution >= 4 is 15.9 Å². The molecule has 1 aliphatic rings. The highest BCUT2D eigenvalue weighted by Crippen LogP contribution is 2.41. The van der Waals surface area contributed by atoms with Gasteiger partial charge in [-0.05, 0) is 47.1 Å². The molecule has 0 saturated carbocycles. The molecule has 3 nitrogen and oxygen atoms in total. The lowest BCUT2D eigenvalue weighted by Crippen LogP contribution is -2.17. The lowest BCUT2D eigenvalue weighted by Gasteiger charge is -2.22. The summed E-state index contributed by atoms with van der Waals surface area (Å²) in [4.78, 5) is 0. The summed E-state index contributed by atoms with van der Waals surface area (Å²) < 4.78 is 12.1. The van der Waals surface area contributed by atoms with Crippen LogP contribution in [0.1, 0.15) is 11.1 Å². The Labute approximate surface area is 97.9 Å². The first kappa shape index (κ1) is 10.8. The Balaban J connectivity index is 2.47. The highest BCUT2D eigenvalue weighted by Gasteiger charge is 2.18. The molecule has 1 aliphatic heterocycles. The molecule has 0 aliphatic carbocycles. The quantitative estimate of drug-likeness (QED) is 0.895. The smallest absolute Gasteiger partial charge is 0.175 e. The minimum atomic E-state index is 0.621. The van der Waals surface area contributed by atoms with Gasteiger partial charge in [-0.25, -0.2) is 0 Å². The predicted octanol–water partition coefficient (Wildman–Crippen LogP) is 2.25. The molecule has 1 N–H and O–H groups in total. The molecular formula is C11H14BrNO2. The summed E-state index contributed by atoms with van der Waals surface area (Å²) >= 11 is 3.55. The topological polar surface area (TPSA) is 30.5 Å². The number of hydrogen-bond acceptors (Lipinski definition) is 3. The lowest BCUT2D eigenvalue weighted by atomic mass is 10.1. The van der Waals surface area contributed by atoms with Crippen molar-refractivity contribution in [3.05, 3.63) is 21.7 Å². The van der Waals surface area contributed by atoms with Crippen LogP contribution in [-0.2, 0) is 6.54 Å². The highest BCUT2D eigenvalue weighted by atomic mass is 79.9. The first-order valence-corrected chi connectivity index (χ1v) is 5.75. The van der Waals surface area contributed by atoms with Crippen LogP contribution >= 0.6 is 15.9 Å². The van der Waals surface area contributed by atoms with Gasteiger partial charge in [-0.3, -0.25) is 0 Å². The molecule has 0 aromatic heterocycles. The maximum Gasteiger partial charge on any atom is 0.175 e. The van der Waals surface area contributed by atoms with Crippen molar-refractivity contribution in [2.24, 2.45) is 0 Å². The lowest BCUT2D eigenvalue weighted by molar-refractivity contribution is 0.170. The Bertz CT molecular complexity index is 379. The van der Waals surface area contributed by atoms with Crippen molar-refractivity contribution in [2.45, 2.75) is 13.5 Å². The number of benzene rings is 1. The van der Waals surface area contributed by atoms with Crippen molar-refractivity contribution in [2.75, 3.05) is 20.3 Å². The van der Waals surface area contributed by atoms with E-state index in [4.69, 9.17) is 9.47 Å². The van der Waals surface area contributed by atoms with Crippen molar-refractivity contribution in [3.63, 3.8) is 0 Å². The Morgan fingerprint density at radius 2 is 2.13 bits per heavy atom. The van der Waals surface area contributed by atoms with E-state index in [-0.39, 0.29) is 0 Å². The molecule has 0 fully saturated rings. The molecule has 15 heavy (non-hydrogen) atoms. The first-order valence-electron chi connectivity index (χ1n) is 4.96. The third kappa shape index (κ3) is 1.96. The molecule has 0 unspecified atom stereocenters. The zero-order valence-electron chi connectivity index (χ0n) is 8.89. The Hall–Kier alpha value is -0.740.